The van der Waals surface area contributed by atoms with E-state index in [1.807, 2.05) is 51.1 Å². The third kappa shape index (κ3) is 5.22. The lowest BCUT2D eigenvalue weighted by Gasteiger charge is -2.39. The Labute approximate surface area is 210 Å². The second-order valence-corrected chi connectivity index (χ2v) is 10.3. The second-order valence-electron chi connectivity index (χ2n) is 10.3. The number of para-hydroxylation sites is 1. The number of rotatable bonds is 5. The minimum Gasteiger partial charge on any atom is -0.487 e. The lowest BCUT2D eigenvalue weighted by atomic mass is 10.1. The molecular weight excluding hydrogens is 460 g/mol. The van der Waals surface area contributed by atoms with E-state index in [9.17, 15) is 9.59 Å². The first-order valence-electron chi connectivity index (χ1n) is 12.3. The van der Waals surface area contributed by atoms with Crippen LogP contribution in [0, 0.1) is 0 Å². The highest BCUT2D eigenvalue weighted by Gasteiger charge is 2.35. The molecule has 2 amide bonds. The maximum Gasteiger partial charge on any atom is 0.410 e. The molecule has 0 bridgehead atoms. The highest BCUT2D eigenvalue weighted by Crippen LogP contribution is 2.28. The number of aromatic nitrogens is 3. The van der Waals surface area contributed by atoms with Gasteiger partial charge < -0.3 is 29.6 Å². The smallest absolute Gasteiger partial charge is 0.410 e. The SMILES string of the molecule is CC(C)(C)OC(=O)N1CCCC(Nc2ncnc3[nH]cc(C(=O)N4CC(Oc5ccccc5)C4)c23)C1. The summed E-state index contributed by atoms with van der Waals surface area (Å²) in [5.74, 6) is 1.29. The molecule has 5 rings (SSSR count). The topological polar surface area (TPSA) is 113 Å². The molecule has 0 saturated carbocycles. The first-order chi connectivity index (χ1) is 17.3. The zero-order chi connectivity index (χ0) is 25.3. The summed E-state index contributed by atoms with van der Waals surface area (Å²) >= 11 is 0. The van der Waals surface area contributed by atoms with E-state index >= 15 is 0 Å². The van der Waals surface area contributed by atoms with Gasteiger partial charge in [-0.2, -0.15) is 0 Å². The molecule has 10 nitrogen and oxygen atoms in total. The van der Waals surface area contributed by atoms with E-state index in [-0.39, 0.29) is 24.1 Å². The van der Waals surface area contributed by atoms with Crippen molar-refractivity contribution in [1.82, 2.24) is 24.8 Å². The van der Waals surface area contributed by atoms with Gasteiger partial charge >= 0.3 is 6.09 Å². The minimum atomic E-state index is -0.543. The number of hydrogen-bond donors (Lipinski definition) is 2. The van der Waals surface area contributed by atoms with Gasteiger partial charge in [0.1, 0.15) is 35.2 Å². The number of benzene rings is 1. The molecule has 0 spiro atoms. The first kappa shape index (κ1) is 23.9. The molecule has 2 N–H and O–H groups in total. The van der Waals surface area contributed by atoms with Crippen LogP contribution in [0.3, 0.4) is 0 Å². The van der Waals surface area contributed by atoms with Crippen molar-refractivity contribution < 1.29 is 19.1 Å². The van der Waals surface area contributed by atoms with Crippen LogP contribution in [0.15, 0.2) is 42.9 Å². The van der Waals surface area contributed by atoms with Crippen LogP contribution in [0.5, 0.6) is 5.75 Å². The third-order valence-corrected chi connectivity index (χ3v) is 6.30. The fourth-order valence-electron chi connectivity index (χ4n) is 4.56. The van der Waals surface area contributed by atoms with Gasteiger partial charge in [-0.3, -0.25) is 4.79 Å². The van der Waals surface area contributed by atoms with Gasteiger partial charge in [0, 0.05) is 25.3 Å². The van der Waals surface area contributed by atoms with E-state index in [0.717, 1.165) is 18.6 Å². The van der Waals surface area contributed by atoms with Gasteiger partial charge in [-0.1, -0.05) is 18.2 Å². The zero-order valence-electron chi connectivity index (χ0n) is 20.9. The number of piperidine rings is 1. The molecule has 2 saturated heterocycles. The van der Waals surface area contributed by atoms with Crippen molar-refractivity contribution in [2.24, 2.45) is 0 Å². The standard InChI is InChI=1S/C26H32N6O4/c1-26(2,3)36-25(34)31-11-7-8-17(13-31)30-23-21-20(12-27-22(21)28-16-29-23)24(33)32-14-19(15-32)35-18-9-5-4-6-10-18/h4-6,9-10,12,16-17,19H,7-8,11,13-15H2,1-3H3,(H2,27,28,29,30). The quantitative estimate of drug-likeness (QED) is 0.559. The van der Waals surface area contributed by atoms with Gasteiger partial charge in [0.15, 0.2) is 0 Å². The van der Waals surface area contributed by atoms with Crippen LogP contribution in [0.4, 0.5) is 10.6 Å². The van der Waals surface area contributed by atoms with Crippen molar-refractivity contribution in [3.63, 3.8) is 0 Å². The number of fused-ring (bicyclic) bond motifs is 1. The molecule has 2 fully saturated rings. The van der Waals surface area contributed by atoms with E-state index in [0.29, 0.717) is 48.6 Å². The zero-order valence-corrected chi connectivity index (χ0v) is 20.9. The molecule has 1 aromatic carbocycles. The Hall–Kier alpha value is -3.82. The Morgan fingerprint density at radius 3 is 2.61 bits per heavy atom. The van der Waals surface area contributed by atoms with Crippen LogP contribution in [0.2, 0.25) is 0 Å². The molecule has 2 aliphatic heterocycles. The summed E-state index contributed by atoms with van der Waals surface area (Å²) in [6.07, 6.45) is 4.54. The molecule has 2 aliphatic rings. The van der Waals surface area contributed by atoms with E-state index in [1.54, 1.807) is 16.0 Å². The molecule has 4 heterocycles. The molecular formula is C26H32N6O4. The van der Waals surface area contributed by atoms with Gasteiger partial charge in [-0.15, -0.1) is 0 Å². The van der Waals surface area contributed by atoms with Crippen LogP contribution in [-0.4, -0.2) is 80.7 Å². The monoisotopic (exact) mass is 492 g/mol. The Bertz CT molecular complexity index is 1230. The summed E-state index contributed by atoms with van der Waals surface area (Å²) in [5.41, 5.74) is 0.568. The predicted octanol–water partition coefficient (Wildman–Crippen LogP) is 3.67. The van der Waals surface area contributed by atoms with Crippen molar-refractivity contribution in [2.45, 2.75) is 51.4 Å². The lowest BCUT2D eigenvalue weighted by molar-refractivity contribution is 0.0179. The van der Waals surface area contributed by atoms with E-state index < -0.39 is 5.60 Å². The summed E-state index contributed by atoms with van der Waals surface area (Å²) in [7, 11) is 0. The molecule has 190 valence electrons. The number of likely N-dealkylation sites (tertiary alicyclic amines) is 2. The van der Waals surface area contributed by atoms with E-state index in [4.69, 9.17) is 9.47 Å². The average Bonchev–Trinajstić information content (AvgIpc) is 3.26. The molecule has 0 aliphatic carbocycles. The van der Waals surface area contributed by atoms with Gasteiger partial charge in [-0.25, -0.2) is 14.8 Å². The van der Waals surface area contributed by atoms with Crippen LogP contribution < -0.4 is 10.1 Å². The molecule has 3 aromatic rings. The molecule has 2 aromatic heterocycles. The second kappa shape index (κ2) is 9.67. The van der Waals surface area contributed by atoms with Crippen molar-refractivity contribution in [1.29, 1.82) is 0 Å². The third-order valence-electron chi connectivity index (χ3n) is 6.30. The normalized spacial score (nSPS) is 18.6. The number of carbonyl (C=O) groups excluding carboxylic acids is 2. The fourth-order valence-corrected chi connectivity index (χ4v) is 4.56. The first-order valence-corrected chi connectivity index (χ1v) is 12.3. The van der Waals surface area contributed by atoms with Crippen LogP contribution in [0.25, 0.3) is 11.0 Å². The number of H-pyrrole nitrogens is 1. The summed E-state index contributed by atoms with van der Waals surface area (Å²) in [5, 5.41) is 4.11. The van der Waals surface area contributed by atoms with Crippen LogP contribution in [-0.2, 0) is 4.74 Å². The highest BCUT2D eigenvalue weighted by atomic mass is 16.6. The number of aromatic amines is 1. The number of anilines is 1. The highest BCUT2D eigenvalue weighted by molar-refractivity contribution is 6.09. The number of nitrogens with one attached hydrogen (secondary N) is 2. The minimum absolute atomic E-state index is 0.0186. The predicted molar refractivity (Wildman–Crippen MR) is 135 cm³/mol. The number of carbonyl (C=O) groups is 2. The summed E-state index contributed by atoms with van der Waals surface area (Å²) in [6.45, 7) is 7.77. The van der Waals surface area contributed by atoms with E-state index in [2.05, 4.69) is 20.3 Å². The van der Waals surface area contributed by atoms with Gasteiger partial charge in [0.05, 0.1) is 24.0 Å². The van der Waals surface area contributed by atoms with Gasteiger partial charge in [0.25, 0.3) is 5.91 Å². The number of ether oxygens (including phenoxy) is 2. The van der Waals surface area contributed by atoms with Crippen LogP contribution in [0.1, 0.15) is 44.0 Å². The number of hydrogen-bond acceptors (Lipinski definition) is 7. The summed E-state index contributed by atoms with van der Waals surface area (Å²) < 4.78 is 11.5. The van der Waals surface area contributed by atoms with Crippen molar-refractivity contribution in [2.75, 3.05) is 31.5 Å². The van der Waals surface area contributed by atoms with Crippen molar-refractivity contribution in [3.8, 4) is 5.75 Å². The summed E-state index contributed by atoms with van der Waals surface area (Å²) in [4.78, 5) is 41.2. The Morgan fingerprint density at radius 1 is 1.08 bits per heavy atom. The Morgan fingerprint density at radius 2 is 1.86 bits per heavy atom. The maximum absolute atomic E-state index is 13.3. The largest absolute Gasteiger partial charge is 0.487 e. The Balaban J connectivity index is 1.26. The van der Waals surface area contributed by atoms with Crippen molar-refractivity contribution >= 4 is 28.9 Å². The summed E-state index contributed by atoms with van der Waals surface area (Å²) in [6, 6.07) is 9.60. The maximum atomic E-state index is 13.3. The van der Waals surface area contributed by atoms with Gasteiger partial charge in [0.2, 0.25) is 0 Å². The molecule has 0 radical (unpaired) electrons. The Kier molecular flexibility index (Phi) is 6.42. The van der Waals surface area contributed by atoms with E-state index in [1.165, 1.54) is 6.33 Å². The number of nitrogens with zero attached hydrogens (tertiary/aromatic N) is 4. The van der Waals surface area contributed by atoms with Gasteiger partial charge in [-0.05, 0) is 45.7 Å². The fraction of sp³-hybridized carbons (Fsp3) is 0.462. The number of amides is 2. The molecule has 1 unspecified atom stereocenters. The molecule has 1 atom stereocenters. The van der Waals surface area contributed by atoms with Crippen LogP contribution >= 0.6 is 0 Å². The molecule has 36 heavy (non-hydrogen) atoms. The lowest BCUT2D eigenvalue weighted by Crippen LogP contribution is -2.56. The van der Waals surface area contributed by atoms with Crippen molar-refractivity contribution in [3.05, 3.63) is 48.4 Å². The average molecular weight is 493 g/mol. The molecule has 10 heteroatoms.